The molecule has 0 fully saturated rings. The highest BCUT2D eigenvalue weighted by molar-refractivity contribution is 6.36. The van der Waals surface area contributed by atoms with Crippen molar-refractivity contribution in [3.05, 3.63) is 82.9 Å². The lowest BCUT2D eigenvalue weighted by Crippen LogP contribution is -2.24. The van der Waals surface area contributed by atoms with Crippen LogP contribution in [0.2, 0.25) is 5.02 Å². The van der Waals surface area contributed by atoms with Crippen LogP contribution in [0.25, 0.3) is 10.8 Å². The lowest BCUT2D eigenvalue weighted by molar-refractivity contribution is 0.141. The normalized spacial score (nSPS) is 9.96. The fraction of sp³-hybridized carbons (Fsp3) is 0.0952. The molecule has 0 saturated heterocycles. The third kappa shape index (κ3) is 4.53. The number of alkyl carbamates (subject to hydrolysis) is 1. The van der Waals surface area contributed by atoms with E-state index >= 15 is 0 Å². The standard InChI is InChI=1S/C21H16ClNO2/c22-19-13-5-11-17-9-4-10-18(20(17)19)12-6-14-23-21(24)25-15-16-7-2-1-3-8-16/h1-5,7-11,13H,14-15H2,(H,23,24). The van der Waals surface area contributed by atoms with E-state index in [0.717, 1.165) is 21.9 Å². The van der Waals surface area contributed by atoms with Crippen molar-refractivity contribution >= 4 is 28.5 Å². The van der Waals surface area contributed by atoms with Gasteiger partial charge in [-0.25, -0.2) is 4.79 Å². The van der Waals surface area contributed by atoms with Crippen LogP contribution in [-0.2, 0) is 11.3 Å². The van der Waals surface area contributed by atoms with Crippen LogP contribution in [0.3, 0.4) is 0 Å². The van der Waals surface area contributed by atoms with E-state index in [9.17, 15) is 4.79 Å². The van der Waals surface area contributed by atoms with Crippen molar-refractivity contribution in [3.8, 4) is 11.8 Å². The fourth-order valence-corrected chi connectivity index (χ4v) is 2.71. The van der Waals surface area contributed by atoms with Gasteiger partial charge in [-0.05, 0) is 23.1 Å². The predicted octanol–water partition coefficient (Wildman–Crippen LogP) is 4.77. The highest BCUT2D eigenvalue weighted by Gasteiger charge is 2.03. The summed E-state index contributed by atoms with van der Waals surface area (Å²) in [5.41, 5.74) is 1.77. The number of hydrogen-bond acceptors (Lipinski definition) is 2. The summed E-state index contributed by atoms with van der Waals surface area (Å²) in [6, 6.07) is 21.1. The molecule has 0 bridgehead atoms. The summed E-state index contributed by atoms with van der Waals surface area (Å²) >= 11 is 6.27. The van der Waals surface area contributed by atoms with Crippen LogP contribution in [-0.4, -0.2) is 12.6 Å². The van der Waals surface area contributed by atoms with E-state index in [1.54, 1.807) is 0 Å². The first-order valence-corrected chi connectivity index (χ1v) is 8.22. The van der Waals surface area contributed by atoms with Crippen LogP contribution < -0.4 is 5.32 Å². The van der Waals surface area contributed by atoms with Gasteiger partial charge in [-0.1, -0.05) is 78.0 Å². The van der Waals surface area contributed by atoms with Crippen LogP contribution in [0.4, 0.5) is 4.79 Å². The minimum Gasteiger partial charge on any atom is -0.445 e. The number of amides is 1. The number of carbonyl (C=O) groups excluding carboxylic acids is 1. The molecule has 0 spiro atoms. The Morgan fingerprint density at radius 3 is 2.56 bits per heavy atom. The second-order valence-corrected chi connectivity index (χ2v) is 5.77. The first-order chi connectivity index (χ1) is 12.2. The van der Waals surface area contributed by atoms with Crippen molar-refractivity contribution in [2.75, 3.05) is 6.54 Å². The molecule has 0 saturated carbocycles. The highest BCUT2D eigenvalue weighted by Crippen LogP contribution is 2.26. The van der Waals surface area contributed by atoms with Gasteiger partial charge in [-0.3, -0.25) is 0 Å². The molecule has 0 heterocycles. The second-order valence-electron chi connectivity index (χ2n) is 5.36. The Bertz CT molecular complexity index is 937. The molecule has 0 radical (unpaired) electrons. The van der Waals surface area contributed by atoms with E-state index in [0.29, 0.717) is 5.02 Å². The van der Waals surface area contributed by atoms with Crippen molar-refractivity contribution in [1.82, 2.24) is 5.32 Å². The summed E-state index contributed by atoms with van der Waals surface area (Å²) in [4.78, 5) is 11.7. The monoisotopic (exact) mass is 349 g/mol. The van der Waals surface area contributed by atoms with Gasteiger partial charge in [0.05, 0.1) is 6.54 Å². The van der Waals surface area contributed by atoms with Gasteiger partial charge in [0.2, 0.25) is 0 Å². The molecule has 3 rings (SSSR count). The number of nitrogens with one attached hydrogen (secondary N) is 1. The Morgan fingerprint density at radius 1 is 1.00 bits per heavy atom. The predicted molar refractivity (Wildman–Crippen MR) is 100 cm³/mol. The summed E-state index contributed by atoms with van der Waals surface area (Å²) in [5, 5.41) is 5.24. The summed E-state index contributed by atoms with van der Waals surface area (Å²) in [5.74, 6) is 5.98. The van der Waals surface area contributed by atoms with Gasteiger partial charge >= 0.3 is 6.09 Å². The number of rotatable bonds is 3. The quantitative estimate of drug-likeness (QED) is 0.691. The Balaban J connectivity index is 1.57. The zero-order chi connectivity index (χ0) is 17.5. The van der Waals surface area contributed by atoms with E-state index in [1.807, 2.05) is 66.7 Å². The maximum absolute atomic E-state index is 11.7. The molecule has 0 aliphatic carbocycles. The number of ether oxygens (including phenoxy) is 1. The van der Waals surface area contributed by atoms with Gasteiger partial charge in [-0.2, -0.15) is 0 Å². The zero-order valence-corrected chi connectivity index (χ0v) is 14.2. The van der Waals surface area contributed by atoms with Crippen LogP contribution in [0.5, 0.6) is 0 Å². The topological polar surface area (TPSA) is 38.3 Å². The Kier molecular flexibility index (Phi) is 5.56. The van der Waals surface area contributed by atoms with E-state index in [1.165, 1.54) is 0 Å². The SMILES string of the molecule is O=C(NCC#Cc1cccc2cccc(Cl)c12)OCc1ccccc1. The van der Waals surface area contributed by atoms with Crippen LogP contribution in [0.1, 0.15) is 11.1 Å². The van der Waals surface area contributed by atoms with E-state index in [-0.39, 0.29) is 13.2 Å². The molecule has 0 aromatic heterocycles. The van der Waals surface area contributed by atoms with Gasteiger partial charge in [0.1, 0.15) is 6.61 Å². The number of hydrogen-bond donors (Lipinski definition) is 1. The van der Waals surface area contributed by atoms with E-state index in [2.05, 4.69) is 17.2 Å². The van der Waals surface area contributed by atoms with Gasteiger partial charge in [0.15, 0.2) is 0 Å². The van der Waals surface area contributed by atoms with Gasteiger partial charge in [0.25, 0.3) is 0 Å². The number of halogens is 1. The Morgan fingerprint density at radius 2 is 1.76 bits per heavy atom. The lowest BCUT2D eigenvalue weighted by Gasteiger charge is -2.04. The molecule has 0 aliphatic rings. The van der Waals surface area contributed by atoms with Gasteiger partial charge < -0.3 is 10.1 Å². The Hall–Kier alpha value is -2.96. The first kappa shape index (κ1) is 16.9. The molecule has 0 atom stereocenters. The van der Waals surface area contributed by atoms with E-state index < -0.39 is 6.09 Å². The molecule has 25 heavy (non-hydrogen) atoms. The van der Waals surface area contributed by atoms with Gasteiger partial charge in [-0.15, -0.1) is 0 Å². The molecule has 0 unspecified atom stereocenters. The van der Waals surface area contributed by atoms with Crippen molar-refractivity contribution < 1.29 is 9.53 Å². The average molecular weight is 350 g/mol. The van der Waals surface area contributed by atoms with Crippen molar-refractivity contribution in [3.63, 3.8) is 0 Å². The van der Waals surface area contributed by atoms with Crippen LogP contribution >= 0.6 is 11.6 Å². The minimum atomic E-state index is -0.492. The highest BCUT2D eigenvalue weighted by atomic mass is 35.5. The maximum atomic E-state index is 11.7. The maximum Gasteiger partial charge on any atom is 0.408 e. The molecule has 0 aliphatic heterocycles. The van der Waals surface area contributed by atoms with Crippen molar-refractivity contribution in [2.45, 2.75) is 6.61 Å². The van der Waals surface area contributed by atoms with Crippen LogP contribution in [0.15, 0.2) is 66.7 Å². The molecular formula is C21H16ClNO2. The summed E-state index contributed by atoms with van der Waals surface area (Å²) < 4.78 is 5.13. The smallest absolute Gasteiger partial charge is 0.408 e. The lowest BCUT2D eigenvalue weighted by atomic mass is 10.0. The largest absolute Gasteiger partial charge is 0.445 e. The third-order valence-electron chi connectivity index (χ3n) is 3.61. The summed E-state index contributed by atoms with van der Waals surface area (Å²) in [7, 11) is 0. The fourth-order valence-electron chi connectivity index (χ4n) is 2.43. The zero-order valence-electron chi connectivity index (χ0n) is 13.5. The minimum absolute atomic E-state index is 0.203. The molecule has 1 amide bonds. The number of carbonyl (C=O) groups is 1. The summed E-state index contributed by atoms with van der Waals surface area (Å²) in [6.07, 6.45) is -0.492. The molecule has 3 nitrogen and oxygen atoms in total. The van der Waals surface area contributed by atoms with Gasteiger partial charge in [0, 0.05) is 16.0 Å². The molecule has 4 heteroatoms. The molecule has 3 aromatic carbocycles. The molecule has 3 aromatic rings. The first-order valence-electron chi connectivity index (χ1n) is 7.85. The van der Waals surface area contributed by atoms with Crippen LogP contribution in [0, 0.1) is 11.8 Å². The van der Waals surface area contributed by atoms with Crippen molar-refractivity contribution in [2.24, 2.45) is 0 Å². The van der Waals surface area contributed by atoms with E-state index in [4.69, 9.17) is 16.3 Å². The summed E-state index contributed by atoms with van der Waals surface area (Å²) in [6.45, 7) is 0.438. The molecule has 124 valence electrons. The third-order valence-corrected chi connectivity index (χ3v) is 3.93. The number of benzene rings is 3. The second kappa shape index (κ2) is 8.23. The molecule has 1 N–H and O–H groups in total. The Labute approximate surface area is 151 Å². The van der Waals surface area contributed by atoms with Crippen molar-refractivity contribution in [1.29, 1.82) is 0 Å². The average Bonchev–Trinajstić information content (AvgIpc) is 2.64. The molecular weight excluding hydrogens is 334 g/mol. The number of fused-ring (bicyclic) bond motifs is 1.